The molecule has 0 radical (unpaired) electrons. The molecule has 3 aromatic carbocycles. The summed E-state index contributed by atoms with van der Waals surface area (Å²) in [6, 6.07) is 16.4. The molecule has 37 heavy (non-hydrogen) atoms. The van der Waals surface area contributed by atoms with Gasteiger partial charge in [0.05, 0.1) is 27.8 Å². The van der Waals surface area contributed by atoms with E-state index in [2.05, 4.69) is 10.8 Å². The van der Waals surface area contributed by atoms with Gasteiger partial charge in [-0.05, 0) is 86.3 Å². The van der Waals surface area contributed by atoms with Gasteiger partial charge in [-0.2, -0.15) is 0 Å². The molecular weight excluding hydrogens is 530 g/mol. The average Bonchev–Trinajstić information content (AvgIpc) is 3.56. The van der Waals surface area contributed by atoms with Gasteiger partial charge >= 0.3 is 0 Å². The lowest BCUT2D eigenvalue weighted by molar-refractivity contribution is 0.0917. The van der Waals surface area contributed by atoms with E-state index in [4.69, 9.17) is 21.3 Å². The summed E-state index contributed by atoms with van der Waals surface area (Å²) in [5, 5.41) is 1.08. The maximum Gasteiger partial charge on any atom is 0.261 e. The Kier molecular flexibility index (Phi) is 7.22. The molecule has 0 saturated carbocycles. The summed E-state index contributed by atoms with van der Waals surface area (Å²) in [6.07, 6.45) is 1.80. The smallest absolute Gasteiger partial charge is 0.261 e. The molecule has 10 heteroatoms. The number of fused-ring (bicyclic) bond motifs is 1. The van der Waals surface area contributed by atoms with E-state index in [-0.39, 0.29) is 16.9 Å². The molecule has 4 aromatic rings. The van der Waals surface area contributed by atoms with Crippen molar-refractivity contribution < 1.29 is 17.9 Å². The van der Waals surface area contributed by atoms with Crippen LogP contribution in [-0.2, 0) is 14.8 Å². The average molecular weight is 556 g/mol. The van der Waals surface area contributed by atoms with Crippen LogP contribution in [0.4, 0.5) is 10.8 Å². The number of nitrogens with one attached hydrogen (secondary N) is 1. The first-order valence-corrected chi connectivity index (χ1v) is 14.6. The van der Waals surface area contributed by atoms with E-state index in [1.54, 1.807) is 29.2 Å². The monoisotopic (exact) mass is 555 g/mol. The second kappa shape index (κ2) is 10.4. The van der Waals surface area contributed by atoms with Gasteiger partial charge in [-0.1, -0.05) is 35.1 Å². The number of thiazole rings is 1. The van der Waals surface area contributed by atoms with E-state index in [0.29, 0.717) is 34.6 Å². The zero-order valence-corrected chi connectivity index (χ0v) is 22.8. The molecule has 2 heterocycles. The lowest BCUT2D eigenvalue weighted by atomic mass is 10.1. The van der Waals surface area contributed by atoms with Crippen molar-refractivity contribution in [2.24, 2.45) is 0 Å². The first-order chi connectivity index (χ1) is 17.7. The van der Waals surface area contributed by atoms with E-state index in [1.165, 1.54) is 35.6 Å². The molecule has 1 unspecified atom stereocenters. The number of carbonyl (C=O) groups excluding carboxylic acids is 1. The minimum absolute atomic E-state index is 0.0522. The highest BCUT2D eigenvalue weighted by atomic mass is 35.5. The van der Waals surface area contributed by atoms with Crippen molar-refractivity contribution >= 4 is 59.9 Å². The van der Waals surface area contributed by atoms with Crippen molar-refractivity contribution in [2.75, 3.05) is 22.8 Å². The number of benzene rings is 3. The summed E-state index contributed by atoms with van der Waals surface area (Å²) in [5.41, 5.74) is 3.86. The molecule has 1 atom stereocenters. The van der Waals surface area contributed by atoms with Crippen LogP contribution in [0, 0.1) is 13.8 Å². The van der Waals surface area contributed by atoms with Crippen LogP contribution < -0.4 is 9.62 Å². The number of hydrogen-bond acceptors (Lipinski definition) is 6. The van der Waals surface area contributed by atoms with Crippen LogP contribution in [-0.4, -0.2) is 38.6 Å². The minimum Gasteiger partial charge on any atom is -0.376 e. The van der Waals surface area contributed by atoms with Gasteiger partial charge in [-0.3, -0.25) is 14.4 Å². The fourth-order valence-corrected chi connectivity index (χ4v) is 6.57. The van der Waals surface area contributed by atoms with Gasteiger partial charge < -0.3 is 4.74 Å². The lowest BCUT2D eigenvalue weighted by Crippen LogP contribution is -2.37. The summed E-state index contributed by atoms with van der Waals surface area (Å²) in [6.45, 7) is 5.15. The number of carbonyl (C=O) groups is 1. The van der Waals surface area contributed by atoms with Gasteiger partial charge in [0.2, 0.25) is 0 Å². The Hall–Kier alpha value is -2.98. The van der Waals surface area contributed by atoms with Gasteiger partial charge in [0.1, 0.15) is 0 Å². The topological polar surface area (TPSA) is 88.6 Å². The lowest BCUT2D eigenvalue weighted by Gasteiger charge is -2.23. The molecule has 1 fully saturated rings. The van der Waals surface area contributed by atoms with Crippen molar-refractivity contribution in [3.8, 4) is 0 Å². The number of anilines is 2. The summed E-state index contributed by atoms with van der Waals surface area (Å²) in [4.78, 5) is 20.3. The molecule has 7 nitrogen and oxygen atoms in total. The zero-order chi connectivity index (χ0) is 26.2. The highest BCUT2D eigenvalue weighted by Gasteiger charge is 2.27. The van der Waals surface area contributed by atoms with Crippen LogP contribution in [0.15, 0.2) is 65.6 Å². The second-order valence-corrected chi connectivity index (χ2v) is 12.2. The van der Waals surface area contributed by atoms with Crippen molar-refractivity contribution in [3.05, 3.63) is 82.4 Å². The zero-order valence-electron chi connectivity index (χ0n) is 20.4. The van der Waals surface area contributed by atoms with Gasteiger partial charge in [0.15, 0.2) is 5.13 Å². The number of hydrogen-bond donors (Lipinski definition) is 1. The van der Waals surface area contributed by atoms with Crippen LogP contribution >= 0.6 is 22.9 Å². The van der Waals surface area contributed by atoms with E-state index in [1.807, 2.05) is 19.9 Å². The number of aryl methyl sites for hydroxylation is 2. The highest BCUT2D eigenvalue weighted by molar-refractivity contribution is 7.92. The molecule has 1 aromatic heterocycles. The Morgan fingerprint density at radius 2 is 1.78 bits per heavy atom. The molecule has 1 N–H and O–H groups in total. The highest BCUT2D eigenvalue weighted by Crippen LogP contribution is 2.34. The molecule has 5 rings (SSSR count). The number of rotatable bonds is 7. The molecule has 1 amide bonds. The first kappa shape index (κ1) is 25.7. The number of halogens is 1. The van der Waals surface area contributed by atoms with E-state index in [9.17, 15) is 13.2 Å². The van der Waals surface area contributed by atoms with Gasteiger partial charge in [0.25, 0.3) is 15.9 Å². The fourth-order valence-electron chi connectivity index (χ4n) is 4.27. The number of amides is 1. The van der Waals surface area contributed by atoms with Crippen molar-refractivity contribution in [3.63, 3.8) is 0 Å². The molecule has 192 valence electrons. The largest absolute Gasteiger partial charge is 0.376 e. The van der Waals surface area contributed by atoms with E-state index >= 15 is 0 Å². The summed E-state index contributed by atoms with van der Waals surface area (Å²) in [7, 11) is -3.79. The van der Waals surface area contributed by atoms with Crippen LogP contribution in [0.5, 0.6) is 0 Å². The molecular formula is C27H26ClN3O4S2. The number of ether oxygens (including phenoxy) is 1. The standard InChI is InChI=1S/C27H26ClN3O4S2/c1-17-5-6-18(2)25-24(17)29-27(36-25)31(16-22-4-3-15-35-22)26(32)19-7-11-21(12-8-19)30-37(33,34)23-13-9-20(28)10-14-23/h5-14,22,30H,3-4,15-16H2,1-2H3. The van der Waals surface area contributed by atoms with Crippen molar-refractivity contribution in [1.82, 2.24) is 4.98 Å². The predicted octanol–water partition coefficient (Wildman–Crippen LogP) is 6.19. The third-order valence-electron chi connectivity index (χ3n) is 6.33. The number of sulfonamides is 1. The van der Waals surface area contributed by atoms with Gasteiger partial charge in [-0.15, -0.1) is 0 Å². The van der Waals surface area contributed by atoms with Crippen molar-refractivity contribution in [1.29, 1.82) is 0 Å². The van der Waals surface area contributed by atoms with E-state index < -0.39 is 10.0 Å². The second-order valence-electron chi connectivity index (χ2n) is 9.06. The summed E-state index contributed by atoms with van der Waals surface area (Å²) in [5.74, 6) is -0.211. The van der Waals surface area contributed by atoms with E-state index in [0.717, 1.165) is 34.2 Å². The number of nitrogens with zero attached hydrogens (tertiary/aromatic N) is 2. The molecule has 1 aliphatic heterocycles. The first-order valence-electron chi connectivity index (χ1n) is 11.9. The normalized spacial score (nSPS) is 15.7. The van der Waals surface area contributed by atoms with Crippen LogP contribution in [0.3, 0.4) is 0 Å². The molecule has 1 aliphatic rings. The minimum atomic E-state index is -3.79. The third kappa shape index (κ3) is 5.50. The Morgan fingerprint density at radius 1 is 1.08 bits per heavy atom. The van der Waals surface area contributed by atoms with Crippen LogP contribution in [0.2, 0.25) is 5.02 Å². The molecule has 0 spiro atoms. The summed E-state index contributed by atoms with van der Waals surface area (Å²) < 4.78 is 34.9. The maximum absolute atomic E-state index is 13.7. The quantitative estimate of drug-likeness (QED) is 0.293. The molecule has 0 bridgehead atoms. The van der Waals surface area contributed by atoms with Crippen molar-refractivity contribution in [2.45, 2.75) is 37.7 Å². The Labute approximate surface area is 225 Å². The van der Waals surface area contributed by atoms with Crippen LogP contribution in [0.1, 0.15) is 34.3 Å². The maximum atomic E-state index is 13.7. The Bertz CT molecular complexity index is 1510. The predicted molar refractivity (Wildman–Crippen MR) is 148 cm³/mol. The number of aromatic nitrogens is 1. The summed E-state index contributed by atoms with van der Waals surface area (Å²) >= 11 is 7.37. The molecule has 1 saturated heterocycles. The molecule has 0 aliphatic carbocycles. The van der Waals surface area contributed by atoms with Crippen LogP contribution in [0.25, 0.3) is 10.2 Å². The fraction of sp³-hybridized carbons (Fsp3) is 0.259. The third-order valence-corrected chi connectivity index (χ3v) is 9.19. The SMILES string of the molecule is Cc1ccc(C)c2sc(N(CC3CCCO3)C(=O)c3ccc(NS(=O)(=O)c4ccc(Cl)cc4)cc3)nc12. The van der Waals surface area contributed by atoms with Gasteiger partial charge in [-0.25, -0.2) is 13.4 Å². The Balaban J connectivity index is 1.42. The Morgan fingerprint density at radius 3 is 2.43 bits per heavy atom. The van der Waals surface area contributed by atoms with Gasteiger partial charge in [0, 0.05) is 22.9 Å².